The van der Waals surface area contributed by atoms with Crippen molar-refractivity contribution in [1.82, 2.24) is 10.3 Å². The fourth-order valence-electron chi connectivity index (χ4n) is 1.83. The molecule has 0 aromatic heterocycles. The monoisotopic (exact) mass is 255 g/mol. The molecule has 0 bridgehead atoms. The van der Waals surface area contributed by atoms with E-state index in [-0.39, 0.29) is 18.4 Å². The lowest BCUT2D eigenvalue weighted by atomic mass is 10.0. The summed E-state index contributed by atoms with van der Waals surface area (Å²) in [6, 6.07) is 0. The van der Waals surface area contributed by atoms with Crippen LogP contribution in [-0.4, -0.2) is 46.8 Å². The number of carbonyl (C=O) groups excluding carboxylic acids is 2. The minimum absolute atomic E-state index is 0.0930. The van der Waals surface area contributed by atoms with Crippen molar-refractivity contribution in [3.8, 4) is 0 Å². The first-order valence-corrected chi connectivity index (χ1v) is 6.20. The largest absolute Gasteiger partial charge is 0.388 e. The van der Waals surface area contributed by atoms with Gasteiger partial charge in [-0.05, 0) is 13.3 Å². The topological polar surface area (TPSA) is 82.0 Å². The number of carbonyl (C=O) groups is 2. The SMILES string of the molecule is CCCC(C)(O)CNC(=O)C1=NN(C)C(=O)CC1. The first-order valence-electron chi connectivity index (χ1n) is 6.20. The lowest BCUT2D eigenvalue weighted by Crippen LogP contribution is -2.44. The van der Waals surface area contributed by atoms with Gasteiger partial charge in [0.2, 0.25) is 5.91 Å². The Morgan fingerprint density at radius 3 is 2.78 bits per heavy atom. The van der Waals surface area contributed by atoms with Crippen LogP contribution >= 0.6 is 0 Å². The van der Waals surface area contributed by atoms with Crippen LogP contribution in [0, 0.1) is 0 Å². The summed E-state index contributed by atoms with van der Waals surface area (Å²) in [5.74, 6) is -0.407. The average molecular weight is 255 g/mol. The molecule has 6 heteroatoms. The molecule has 0 aromatic carbocycles. The minimum atomic E-state index is -0.901. The third-order valence-corrected chi connectivity index (χ3v) is 2.89. The third-order valence-electron chi connectivity index (χ3n) is 2.89. The van der Waals surface area contributed by atoms with Crippen molar-refractivity contribution in [1.29, 1.82) is 0 Å². The van der Waals surface area contributed by atoms with Gasteiger partial charge in [0.05, 0.1) is 5.60 Å². The molecule has 6 nitrogen and oxygen atoms in total. The maximum Gasteiger partial charge on any atom is 0.267 e. The van der Waals surface area contributed by atoms with E-state index < -0.39 is 5.60 Å². The van der Waals surface area contributed by atoms with E-state index in [1.54, 1.807) is 6.92 Å². The standard InChI is InChI=1S/C12H21N3O3/c1-4-7-12(2,18)8-13-11(17)9-5-6-10(16)15(3)14-9/h18H,4-8H2,1-3H3,(H,13,17). The van der Waals surface area contributed by atoms with E-state index in [1.807, 2.05) is 6.92 Å². The molecule has 102 valence electrons. The molecule has 1 rings (SSSR count). The van der Waals surface area contributed by atoms with Crippen molar-refractivity contribution in [3.63, 3.8) is 0 Å². The molecule has 0 aliphatic carbocycles. The summed E-state index contributed by atoms with van der Waals surface area (Å²) in [7, 11) is 1.53. The van der Waals surface area contributed by atoms with Gasteiger partial charge in [0.1, 0.15) is 5.71 Å². The van der Waals surface area contributed by atoms with E-state index in [0.29, 0.717) is 25.0 Å². The van der Waals surface area contributed by atoms with Crippen LogP contribution in [0.3, 0.4) is 0 Å². The van der Waals surface area contributed by atoms with E-state index in [9.17, 15) is 14.7 Å². The molecule has 1 atom stereocenters. The van der Waals surface area contributed by atoms with Crippen molar-refractivity contribution in [3.05, 3.63) is 0 Å². The fraction of sp³-hybridized carbons (Fsp3) is 0.750. The number of nitrogens with zero attached hydrogens (tertiary/aromatic N) is 2. The fourth-order valence-corrected chi connectivity index (χ4v) is 1.83. The summed E-state index contributed by atoms with van der Waals surface area (Å²) in [6.07, 6.45) is 2.12. The van der Waals surface area contributed by atoms with Gasteiger partial charge in [-0.1, -0.05) is 13.3 Å². The summed E-state index contributed by atoms with van der Waals surface area (Å²) in [5.41, 5.74) is -0.564. The summed E-state index contributed by atoms with van der Waals surface area (Å²) in [4.78, 5) is 23.0. The van der Waals surface area contributed by atoms with Crippen molar-refractivity contribution >= 4 is 17.5 Å². The Kier molecular flexibility index (Phi) is 4.84. The molecule has 0 saturated carbocycles. The molecule has 0 fully saturated rings. The Morgan fingerprint density at radius 1 is 1.56 bits per heavy atom. The summed E-state index contributed by atoms with van der Waals surface area (Å²) in [5, 5.41) is 17.7. The van der Waals surface area contributed by atoms with Crippen molar-refractivity contribution in [2.24, 2.45) is 5.10 Å². The summed E-state index contributed by atoms with van der Waals surface area (Å²) < 4.78 is 0. The third kappa shape index (κ3) is 4.10. The maximum atomic E-state index is 11.8. The van der Waals surface area contributed by atoms with Crippen molar-refractivity contribution < 1.29 is 14.7 Å². The van der Waals surface area contributed by atoms with E-state index in [4.69, 9.17) is 0 Å². The number of rotatable bonds is 5. The van der Waals surface area contributed by atoms with Crippen LogP contribution < -0.4 is 5.32 Å². The maximum absolute atomic E-state index is 11.8. The highest BCUT2D eigenvalue weighted by Gasteiger charge is 2.24. The second-order valence-corrected chi connectivity index (χ2v) is 4.89. The Balaban J connectivity index is 2.51. The molecule has 1 unspecified atom stereocenters. The van der Waals surface area contributed by atoms with Gasteiger partial charge in [-0.2, -0.15) is 5.10 Å². The van der Waals surface area contributed by atoms with Crippen LogP contribution in [0.2, 0.25) is 0 Å². The molecule has 1 aliphatic heterocycles. The van der Waals surface area contributed by atoms with E-state index >= 15 is 0 Å². The van der Waals surface area contributed by atoms with Crippen LogP contribution in [0.15, 0.2) is 5.10 Å². The normalized spacial score (nSPS) is 19.2. The Bertz CT molecular complexity index is 364. The van der Waals surface area contributed by atoms with Gasteiger partial charge in [-0.3, -0.25) is 9.59 Å². The lowest BCUT2D eigenvalue weighted by Gasteiger charge is -2.24. The highest BCUT2D eigenvalue weighted by molar-refractivity contribution is 6.39. The summed E-state index contributed by atoms with van der Waals surface area (Å²) >= 11 is 0. The molecule has 0 saturated heterocycles. The predicted octanol–water partition coefficient (Wildman–Crippen LogP) is 0.262. The number of amides is 2. The van der Waals surface area contributed by atoms with Crippen LogP contribution in [0.1, 0.15) is 39.5 Å². The highest BCUT2D eigenvalue weighted by Crippen LogP contribution is 2.11. The van der Waals surface area contributed by atoms with Gasteiger partial charge in [-0.25, -0.2) is 5.01 Å². The van der Waals surface area contributed by atoms with E-state index in [1.165, 1.54) is 12.1 Å². The van der Waals surface area contributed by atoms with Crippen LogP contribution in [0.25, 0.3) is 0 Å². The first kappa shape index (κ1) is 14.6. The number of hydrogen-bond acceptors (Lipinski definition) is 4. The molecule has 1 heterocycles. The zero-order chi connectivity index (χ0) is 13.8. The minimum Gasteiger partial charge on any atom is -0.388 e. The average Bonchev–Trinajstić information content (AvgIpc) is 2.30. The van der Waals surface area contributed by atoms with Crippen LogP contribution in [0.4, 0.5) is 0 Å². The van der Waals surface area contributed by atoms with Gasteiger partial charge < -0.3 is 10.4 Å². The van der Waals surface area contributed by atoms with Gasteiger partial charge in [0.15, 0.2) is 0 Å². The van der Waals surface area contributed by atoms with Crippen LogP contribution in [0.5, 0.6) is 0 Å². The molecule has 2 amide bonds. The van der Waals surface area contributed by atoms with Gasteiger partial charge in [-0.15, -0.1) is 0 Å². The van der Waals surface area contributed by atoms with Gasteiger partial charge in [0.25, 0.3) is 5.91 Å². The molecule has 18 heavy (non-hydrogen) atoms. The molecule has 0 radical (unpaired) electrons. The van der Waals surface area contributed by atoms with E-state index in [2.05, 4.69) is 10.4 Å². The van der Waals surface area contributed by atoms with Gasteiger partial charge >= 0.3 is 0 Å². The highest BCUT2D eigenvalue weighted by atomic mass is 16.3. The number of nitrogens with one attached hydrogen (secondary N) is 1. The van der Waals surface area contributed by atoms with Crippen molar-refractivity contribution in [2.45, 2.75) is 45.1 Å². The molecule has 0 aromatic rings. The predicted molar refractivity (Wildman–Crippen MR) is 68.0 cm³/mol. The number of hydrogen-bond donors (Lipinski definition) is 2. The Morgan fingerprint density at radius 2 is 2.22 bits per heavy atom. The molecule has 0 spiro atoms. The quantitative estimate of drug-likeness (QED) is 0.739. The Hall–Kier alpha value is -1.43. The molecule has 1 aliphatic rings. The number of hydrazone groups is 1. The summed E-state index contributed by atoms with van der Waals surface area (Å²) in [6.45, 7) is 3.85. The molecular formula is C12H21N3O3. The van der Waals surface area contributed by atoms with Gasteiger partial charge in [0, 0.05) is 26.4 Å². The molecule has 2 N–H and O–H groups in total. The zero-order valence-corrected chi connectivity index (χ0v) is 11.2. The second-order valence-electron chi connectivity index (χ2n) is 4.89. The van der Waals surface area contributed by atoms with E-state index in [0.717, 1.165) is 6.42 Å². The second kappa shape index (κ2) is 5.95. The first-order chi connectivity index (χ1) is 8.35. The number of aliphatic hydroxyl groups is 1. The molecular weight excluding hydrogens is 234 g/mol. The smallest absolute Gasteiger partial charge is 0.267 e. The van der Waals surface area contributed by atoms with Crippen LogP contribution in [-0.2, 0) is 9.59 Å². The van der Waals surface area contributed by atoms with Crippen molar-refractivity contribution in [2.75, 3.05) is 13.6 Å². The zero-order valence-electron chi connectivity index (χ0n) is 11.2. The lowest BCUT2D eigenvalue weighted by molar-refractivity contribution is -0.130. The Labute approximate surface area is 107 Å².